The van der Waals surface area contributed by atoms with Gasteiger partial charge in [0, 0.05) is 3.92 Å². The van der Waals surface area contributed by atoms with Gasteiger partial charge in [0.2, 0.25) is 0 Å². The molecule has 0 saturated heterocycles. The summed E-state index contributed by atoms with van der Waals surface area (Å²) in [4.78, 5) is 0. The molecule has 0 aromatic heterocycles. The van der Waals surface area contributed by atoms with Crippen LogP contribution in [-0.4, -0.2) is 3.92 Å². The molecule has 0 aliphatic rings. The molecule has 0 nitrogen and oxygen atoms in total. The van der Waals surface area contributed by atoms with E-state index in [1.54, 1.807) is 6.07 Å². The fourth-order valence-corrected chi connectivity index (χ4v) is 1.71. The minimum Gasteiger partial charge on any atom is -0.166 e. The summed E-state index contributed by atoms with van der Waals surface area (Å²) in [7, 11) is 0. The van der Waals surface area contributed by atoms with Crippen molar-refractivity contribution in [1.82, 2.24) is 0 Å². The Kier molecular flexibility index (Phi) is 3.80. The Morgan fingerprint density at radius 1 is 1.36 bits per heavy atom. The van der Waals surface area contributed by atoms with Crippen molar-refractivity contribution in [2.45, 2.75) is 23.4 Å². The van der Waals surface area contributed by atoms with Gasteiger partial charge in [0.1, 0.15) is 0 Å². The fourth-order valence-electron chi connectivity index (χ4n) is 1.20. The SMILES string of the molecule is CC(I)Cc1cccc(C(F)(F)F)c1. The zero-order valence-electron chi connectivity index (χ0n) is 7.61. The number of hydrogen-bond acceptors (Lipinski definition) is 0. The number of rotatable bonds is 2. The minimum absolute atomic E-state index is 0.344. The van der Waals surface area contributed by atoms with Crippen LogP contribution in [-0.2, 0) is 12.6 Å². The van der Waals surface area contributed by atoms with Crippen molar-refractivity contribution in [2.24, 2.45) is 0 Å². The summed E-state index contributed by atoms with van der Waals surface area (Å²) >= 11 is 2.20. The molecule has 0 heterocycles. The predicted molar refractivity (Wildman–Crippen MR) is 58.6 cm³/mol. The van der Waals surface area contributed by atoms with E-state index in [4.69, 9.17) is 0 Å². The van der Waals surface area contributed by atoms with Gasteiger partial charge in [0.15, 0.2) is 0 Å². The van der Waals surface area contributed by atoms with E-state index in [2.05, 4.69) is 22.6 Å². The molecule has 0 bridgehead atoms. The van der Waals surface area contributed by atoms with Crippen molar-refractivity contribution in [3.63, 3.8) is 0 Å². The van der Waals surface area contributed by atoms with E-state index < -0.39 is 11.7 Å². The molecule has 0 N–H and O–H groups in total. The standard InChI is InChI=1S/C10H10F3I/c1-7(14)5-8-3-2-4-9(6-8)10(11,12)13/h2-4,6-7H,5H2,1H3. The van der Waals surface area contributed by atoms with Gasteiger partial charge in [-0.05, 0) is 18.1 Å². The van der Waals surface area contributed by atoms with Crippen molar-refractivity contribution in [3.8, 4) is 0 Å². The highest BCUT2D eigenvalue weighted by molar-refractivity contribution is 14.1. The third kappa shape index (κ3) is 3.48. The molecule has 1 atom stereocenters. The Morgan fingerprint density at radius 2 is 2.00 bits per heavy atom. The summed E-state index contributed by atoms with van der Waals surface area (Å²) in [6.07, 6.45) is -3.56. The number of alkyl halides is 4. The maximum absolute atomic E-state index is 12.3. The van der Waals surface area contributed by atoms with E-state index in [1.165, 1.54) is 12.1 Å². The second-order valence-corrected chi connectivity index (χ2v) is 5.31. The monoisotopic (exact) mass is 314 g/mol. The van der Waals surface area contributed by atoms with Crippen LogP contribution in [0.1, 0.15) is 18.1 Å². The summed E-state index contributed by atoms with van der Waals surface area (Å²) in [5, 5.41) is 0. The van der Waals surface area contributed by atoms with Gasteiger partial charge < -0.3 is 0 Å². The zero-order valence-corrected chi connectivity index (χ0v) is 9.76. The van der Waals surface area contributed by atoms with Crippen LogP contribution in [0, 0.1) is 0 Å². The van der Waals surface area contributed by atoms with E-state index >= 15 is 0 Å². The second kappa shape index (κ2) is 4.51. The summed E-state index contributed by atoms with van der Waals surface area (Å²) in [5.41, 5.74) is 0.175. The third-order valence-corrected chi connectivity index (χ3v) is 2.21. The van der Waals surface area contributed by atoms with Crippen LogP contribution in [0.2, 0.25) is 0 Å². The van der Waals surface area contributed by atoms with Crippen LogP contribution in [0.15, 0.2) is 24.3 Å². The maximum Gasteiger partial charge on any atom is 0.416 e. The van der Waals surface area contributed by atoms with E-state index in [1.807, 2.05) is 6.92 Å². The highest BCUT2D eigenvalue weighted by Gasteiger charge is 2.30. The Bertz CT molecular complexity index is 304. The van der Waals surface area contributed by atoms with Crippen LogP contribution in [0.3, 0.4) is 0 Å². The van der Waals surface area contributed by atoms with Crippen LogP contribution >= 0.6 is 22.6 Å². The molecule has 0 aliphatic carbocycles. The van der Waals surface area contributed by atoms with Crippen molar-refractivity contribution in [2.75, 3.05) is 0 Å². The van der Waals surface area contributed by atoms with E-state index in [9.17, 15) is 13.2 Å². The van der Waals surface area contributed by atoms with Gasteiger partial charge in [0.05, 0.1) is 5.56 Å². The van der Waals surface area contributed by atoms with Crippen LogP contribution in [0.5, 0.6) is 0 Å². The summed E-state index contributed by atoms with van der Waals surface area (Å²) < 4.78 is 37.3. The van der Waals surface area contributed by atoms with Gasteiger partial charge in [-0.1, -0.05) is 47.7 Å². The van der Waals surface area contributed by atoms with E-state index in [-0.39, 0.29) is 0 Å². The normalized spacial score (nSPS) is 14.1. The van der Waals surface area contributed by atoms with E-state index in [0.29, 0.717) is 10.3 Å². The van der Waals surface area contributed by atoms with Crippen molar-refractivity contribution >= 4 is 22.6 Å². The molecule has 0 radical (unpaired) electrons. The highest BCUT2D eigenvalue weighted by Crippen LogP contribution is 2.29. The molecule has 0 saturated carbocycles. The molecule has 0 fully saturated rings. The molecular weight excluding hydrogens is 304 g/mol. The molecule has 0 amide bonds. The van der Waals surface area contributed by atoms with Gasteiger partial charge in [-0.3, -0.25) is 0 Å². The minimum atomic E-state index is -4.23. The molecule has 0 spiro atoms. The smallest absolute Gasteiger partial charge is 0.166 e. The lowest BCUT2D eigenvalue weighted by Crippen LogP contribution is -2.06. The van der Waals surface area contributed by atoms with Gasteiger partial charge in [-0.2, -0.15) is 13.2 Å². The first-order valence-corrected chi connectivity index (χ1v) is 5.44. The first-order valence-electron chi connectivity index (χ1n) is 4.20. The topological polar surface area (TPSA) is 0 Å². The molecule has 0 aliphatic heterocycles. The number of hydrogen-bond donors (Lipinski definition) is 0. The third-order valence-electron chi connectivity index (χ3n) is 1.77. The highest BCUT2D eigenvalue weighted by atomic mass is 127. The lowest BCUT2D eigenvalue weighted by Gasteiger charge is -2.09. The lowest BCUT2D eigenvalue weighted by atomic mass is 10.1. The molecule has 1 rings (SSSR count). The predicted octanol–water partition coefficient (Wildman–Crippen LogP) is 4.07. The molecule has 1 aromatic rings. The Morgan fingerprint density at radius 3 is 2.50 bits per heavy atom. The van der Waals surface area contributed by atoms with Crippen molar-refractivity contribution in [3.05, 3.63) is 35.4 Å². The lowest BCUT2D eigenvalue weighted by molar-refractivity contribution is -0.137. The zero-order chi connectivity index (χ0) is 10.8. The van der Waals surface area contributed by atoms with Gasteiger partial charge in [0.25, 0.3) is 0 Å². The van der Waals surface area contributed by atoms with Gasteiger partial charge in [-0.25, -0.2) is 0 Å². The molecule has 14 heavy (non-hydrogen) atoms. The second-order valence-electron chi connectivity index (χ2n) is 3.18. The van der Waals surface area contributed by atoms with Crippen molar-refractivity contribution < 1.29 is 13.2 Å². The van der Waals surface area contributed by atoms with E-state index in [0.717, 1.165) is 11.6 Å². The summed E-state index contributed by atoms with van der Waals surface area (Å²) in [6, 6.07) is 5.50. The molecule has 4 heteroatoms. The average Bonchev–Trinajstić information content (AvgIpc) is 2.01. The Labute approximate surface area is 94.6 Å². The van der Waals surface area contributed by atoms with Gasteiger partial charge in [-0.15, -0.1) is 0 Å². The molecule has 78 valence electrons. The molecule has 1 aromatic carbocycles. The van der Waals surface area contributed by atoms with Crippen LogP contribution in [0.4, 0.5) is 13.2 Å². The summed E-state index contributed by atoms with van der Waals surface area (Å²) in [5.74, 6) is 0. The average molecular weight is 314 g/mol. The first-order chi connectivity index (χ1) is 6.39. The molecular formula is C10H10F3I. The Hall–Kier alpha value is -0.260. The fraction of sp³-hybridized carbons (Fsp3) is 0.400. The van der Waals surface area contributed by atoms with Crippen molar-refractivity contribution in [1.29, 1.82) is 0 Å². The van der Waals surface area contributed by atoms with Crippen LogP contribution in [0.25, 0.3) is 0 Å². The first kappa shape index (κ1) is 11.8. The number of benzene rings is 1. The Balaban J connectivity index is 2.90. The largest absolute Gasteiger partial charge is 0.416 e. The quantitative estimate of drug-likeness (QED) is 0.570. The summed E-state index contributed by atoms with van der Waals surface area (Å²) in [6.45, 7) is 1.97. The van der Waals surface area contributed by atoms with Crippen LogP contribution < -0.4 is 0 Å². The number of halogens is 4. The maximum atomic E-state index is 12.3. The van der Waals surface area contributed by atoms with Gasteiger partial charge >= 0.3 is 6.18 Å². The molecule has 1 unspecified atom stereocenters.